The highest BCUT2D eigenvalue weighted by Gasteiger charge is 2.32. The Morgan fingerprint density at radius 1 is 1.41 bits per heavy atom. The number of hydrogen-bond acceptors (Lipinski definition) is 3. The van der Waals surface area contributed by atoms with Crippen LogP contribution in [0.3, 0.4) is 0 Å². The molecule has 0 unspecified atom stereocenters. The van der Waals surface area contributed by atoms with E-state index < -0.39 is 10.0 Å². The second kappa shape index (κ2) is 7.06. The van der Waals surface area contributed by atoms with E-state index in [-0.39, 0.29) is 23.8 Å². The van der Waals surface area contributed by atoms with Gasteiger partial charge in [-0.3, -0.25) is 0 Å². The number of piperidine rings is 1. The normalized spacial score (nSPS) is 25.1. The van der Waals surface area contributed by atoms with Crippen LogP contribution < -0.4 is 5.32 Å². The summed E-state index contributed by atoms with van der Waals surface area (Å²) in [5.74, 6) is 0.0434. The molecule has 0 amide bonds. The van der Waals surface area contributed by atoms with Crippen molar-refractivity contribution in [3.8, 4) is 0 Å². The van der Waals surface area contributed by atoms with Gasteiger partial charge in [0.1, 0.15) is 5.82 Å². The van der Waals surface area contributed by atoms with Gasteiger partial charge in [-0.15, -0.1) is 0 Å². The number of rotatable bonds is 5. The largest absolute Gasteiger partial charge is 0.307 e. The molecule has 0 saturated carbocycles. The molecular formula is C16H25FN2O2S. The van der Waals surface area contributed by atoms with Crippen molar-refractivity contribution in [2.24, 2.45) is 5.92 Å². The Balaban J connectivity index is 2.05. The molecule has 1 saturated heterocycles. The third-order valence-electron chi connectivity index (χ3n) is 4.53. The van der Waals surface area contributed by atoms with Crippen molar-refractivity contribution >= 4 is 10.0 Å². The quantitative estimate of drug-likeness (QED) is 0.904. The number of sulfonamides is 1. The van der Waals surface area contributed by atoms with Crippen molar-refractivity contribution in [2.45, 2.75) is 38.8 Å². The molecule has 1 N–H and O–H groups in total. The van der Waals surface area contributed by atoms with Crippen LogP contribution in [0.5, 0.6) is 0 Å². The molecule has 1 aromatic carbocycles. The standard InChI is InChI=1S/C16H25FN2O2S/c1-4-13-11-19(22(3,20)21)10-9-16(13)18-12(2)14-7-5-6-8-15(14)17/h5-8,12-13,16,18H,4,9-11H2,1-3H3/t12-,13-,16+/m1/s1. The van der Waals surface area contributed by atoms with Crippen molar-refractivity contribution < 1.29 is 12.8 Å². The molecule has 0 spiro atoms. The summed E-state index contributed by atoms with van der Waals surface area (Å²) < 4.78 is 38.8. The molecule has 22 heavy (non-hydrogen) atoms. The summed E-state index contributed by atoms with van der Waals surface area (Å²) in [6.07, 6.45) is 2.91. The van der Waals surface area contributed by atoms with Gasteiger partial charge in [0.05, 0.1) is 6.26 Å². The van der Waals surface area contributed by atoms with E-state index in [2.05, 4.69) is 12.2 Å². The van der Waals surface area contributed by atoms with Gasteiger partial charge in [-0.05, 0) is 25.3 Å². The van der Waals surface area contributed by atoms with Gasteiger partial charge in [0, 0.05) is 30.7 Å². The summed E-state index contributed by atoms with van der Waals surface area (Å²) in [5, 5.41) is 3.49. The molecule has 124 valence electrons. The second-order valence-electron chi connectivity index (χ2n) is 6.09. The zero-order chi connectivity index (χ0) is 16.3. The Morgan fingerprint density at radius 3 is 2.68 bits per heavy atom. The number of benzene rings is 1. The van der Waals surface area contributed by atoms with Gasteiger partial charge >= 0.3 is 0 Å². The van der Waals surface area contributed by atoms with Crippen LogP contribution in [0.4, 0.5) is 4.39 Å². The van der Waals surface area contributed by atoms with Crippen molar-refractivity contribution in [1.82, 2.24) is 9.62 Å². The zero-order valence-electron chi connectivity index (χ0n) is 13.4. The Hall–Kier alpha value is -0.980. The van der Waals surface area contributed by atoms with Gasteiger partial charge < -0.3 is 5.32 Å². The Bertz CT molecular complexity index is 606. The fourth-order valence-corrected chi connectivity index (χ4v) is 4.07. The predicted molar refractivity (Wildman–Crippen MR) is 86.6 cm³/mol. The Morgan fingerprint density at radius 2 is 2.09 bits per heavy atom. The number of nitrogens with one attached hydrogen (secondary N) is 1. The lowest BCUT2D eigenvalue weighted by atomic mass is 9.90. The highest BCUT2D eigenvalue weighted by atomic mass is 32.2. The first kappa shape index (κ1) is 17.4. The van der Waals surface area contributed by atoms with E-state index >= 15 is 0 Å². The molecule has 1 heterocycles. The van der Waals surface area contributed by atoms with Crippen LogP contribution >= 0.6 is 0 Å². The summed E-state index contributed by atoms with van der Waals surface area (Å²) >= 11 is 0. The SMILES string of the molecule is CC[C@@H]1CN(S(C)(=O)=O)CC[C@@H]1N[C@H](C)c1ccccc1F. The second-order valence-corrected chi connectivity index (χ2v) is 8.08. The summed E-state index contributed by atoms with van der Waals surface area (Å²) in [5.41, 5.74) is 0.655. The molecule has 6 heteroatoms. The Labute approximate surface area is 132 Å². The highest BCUT2D eigenvalue weighted by Crippen LogP contribution is 2.25. The smallest absolute Gasteiger partial charge is 0.211 e. The molecule has 3 atom stereocenters. The third kappa shape index (κ3) is 4.06. The van der Waals surface area contributed by atoms with Crippen LogP contribution in [0.15, 0.2) is 24.3 Å². The first-order chi connectivity index (χ1) is 10.3. The maximum absolute atomic E-state index is 13.9. The predicted octanol–water partition coefficient (Wildman–Crippen LogP) is 2.54. The van der Waals surface area contributed by atoms with Gasteiger partial charge in [0.15, 0.2) is 0 Å². The zero-order valence-corrected chi connectivity index (χ0v) is 14.2. The average molecular weight is 328 g/mol. The monoisotopic (exact) mass is 328 g/mol. The minimum absolute atomic E-state index is 0.0926. The third-order valence-corrected chi connectivity index (χ3v) is 5.80. The maximum Gasteiger partial charge on any atom is 0.211 e. The summed E-state index contributed by atoms with van der Waals surface area (Å²) in [7, 11) is -3.13. The summed E-state index contributed by atoms with van der Waals surface area (Å²) in [4.78, 5) is 0. The van der Waals surface area contributed by atoms with E-state index in [1.807, 2.05) is 13.0 Å². The van der Waals surface area contributed by atoms with E-state index in [0.29, 0.717) is 18.7 Å². The van der Waals surface area contributed by atoms with E-state index in [1.165, 1.54) is 12.3 Å². The van der Waals surface area contributed by atoms with Gasteiger partial charge in [-0.1, -0.05) is 31.5 Å². The van der Waals surface area contributed by atoms with Gasteiger partial charge in [-0.25, -0.2) is 17.1 Å². The first-order valence-electron chi connectivity index (χ1n) is 7.78. The molecular weight excluding hydrogens is 303 g/mol. The van der Waals surface area contributed by atoms with Crippen molar-refractivity contribution in [3.05, 3.63) is 35.6 Å². The lowest BCUT2D eigenvalue weighted by molar-refractivity contribution is 0.192. The molecule has 0 aliphatic carbocycles. The molecule has 4 nitrogen and oxygen atoms in total. The minimum atomic E-state index is -3.13. The van der Waals surface area contributed by atoms with Crippen LogP contribution in [0, 0.1) is 11.7 Å². The number of hydrogen-bond donors (Lipinski definition) is 1. The lowest BCUT2D eigenvalue weighted by Crippen LogP contribution is -2.51. The van der Waals surface area contributed by atoms with Crippen LogP contribution in [0.2, 0.25) is 0 Å². The van der Waals surface area contributed by atoms with Crippen LogP contribution in [0.1, 0.15) is 38.3 Å². The van der Waals surface area contributed by atoms with Crippen molar-refractivity contribution in [1.29, 1.82) is 0 Å². The first-order valence-corrected chi connectivity index (χ1v) is 9.63. The number of halogens is 1. The van der Waals surface area contributed by atoms with Crippen molar-refractivity contribution in [3.63, 3.8) is 0 Å². The Kier molecular flexibility index (Phi) is 5.58. The molecule has 1 aliphatic heterocycles. The van der Waals surface area contributed by atoms with Gasteiger partial charge in [0.25, 0.3) is 0 Å². The molecule has 1 fully saturated rings. The summed E-state index contributed by atoms with van der Waals surface area (Å²) in [6.45, 7) is 5.08. The lowest BCUT2D eigenvalue weighted by Gasteiger charge is -2.38. The van der Waals surface area contributed by atoms with Crippen molar-refractivity contribution in [2.75, 3.05) is 19.3 Å². The van der Waals surface area contributed by atoms with E-state index in [4.69, 9.17) is 0 Å². The van der Waals surface area contributed by atoms with Crippen LogP contribution in [-0.4, -0.2) is 38.1 Å². The van der Waals surface area contributed by atoms with Gasteiger partial charge in [0.2, 0.25) is 10.0 Å². The fraction of sp³-hybridized carbons (Fsp3) is 0.625. The molecule has 1 aliphatic rings. The van der Waals surface area contributed by atoms with E-state index in [1.54, 1.807) is 16.4 Å². The maximum atomic E-state index is 13.9. The molecule has 0 radical (unpaired) electrons. The highest BCUT2D eigenvalue weighted by molar-refractivity contribution is 7.88. The topological polar surface area (TPSA) is 49.4 Å². The minimum Gasteiger partial charge on any atom is -0.307 e. The van der Waals surface area contributed by atoms with E-state index in [0.717, 1.165) is 12.8 Å². The van der Waals surface area contributed by atoms with Crippen LogP contribution in [-0.2, 0) is 10.0 Å². The van der Waals surface area contributed by atoms with Gasteiger partial charge in [-0.2, -0.15) is 0 Å². The van der Waals surface area contributed by atoms with Crippen LogP contribution in [0.25, 0.3) is 0 Å². The van der Waals surface area contributed by atoms with E-state index in [9.17, 15) is 12.8 Å². The molecule has 0 aromatic heterocycles. The number of nitrogens with zero attached hydrogens (tertiary/aromatic N) is 1. The fourth-order valence-electron chi connectivity index (χ4n) is 3.17. The molecule has 0 bridgehead atoms. The molecule has 1 aromatic rings. The average Bonchev–Trinajstić information content (AvgIpc) is 2.46. The summed E-state index contributed by atoms with van der Waals surface area (Å²) in [6, 6.07) is 6.89. The molecule has 2 rings (SSSR count).